The Morgan fingerprint density at radius 3 is 2.80 bits per heavy atom. The summed E-state index contributed by atoms with van der Waals surface area (Å²) in [6, 6.07) is 4.88. The van der Waals surface area contributed by atoms with E-state index in [-0.39, 0.29) is 0 Å². The van der Waals surface area contributed by atoms with Crippen LogP contribution in [0.4, 0.5) is 0 Å². The van der Waals surface area contributed by atoms with Crippen molar-refractivity contribution in [1.29, 1.82) is 0 Å². The lowest BCUT2D eigenvalue weighted by Gasteiger charge is -2.18. The minimum absolute atomic E-state index is 0.396. The first-order valence-corrected chi connectivity index (χ1v) is 8.53. The minimum atomic E-state index is 0.396. The van der Waals surface area contributed by atoms with Crippen molar-refractivity contribution in [3.05, 3.63) is 39.8 Å². The van der Waals surface area contributed by atoms with E-state index >= 15 is 0 Å². The Kier molecular flexibility index (Phi) is 5.80. The van der Waals surface area contributed by atoms with Crippen molar-refractivity contribution in [2.24, 2.45) is 0 Å². The molecule has 2 rings (SSSR count). The monoisotopic (exact) mass is 291 g/mol. The lowest BCUT2D eigenvalue weighted by molar-refractivity contribution is 0.503. The minimum Gasteiger partial charge on any atom is -0.310 e. The molecule has 0 saturated heterocycles. The van der Waals surface area contributed by atoms with Crippen molar-refractivity contribution in [3.63, 3.8) is 0 Å². The van der Waals surface area contributed by atoms with Gasteiger partial charge in [0.05, 0.1) is 5.69 Å². The SMILES string of the molecule is CCCNC(Cc1cc(CC)nn1CC)c1ccsc1. The molecule has 0 spiro atoms. The van der Waals surface area contributed by atoms with Gasteiger partial charge in [0.2, 0.25) is 0 Å². The van der Waals surface area contributed by atoms with Gasteiger partial charge in [-0.3, -0.25) is 4.68 Å². The van der Waals surface area contributed by atoms with E-state index in [2.05, 4.69) is 58.8 Å². The summed E-state index contributed by atoms with van der Waals surface area (Å²) in [5.74, 6) is 0. The van der Waals surface area contributed by atoms with Crippen LogP contribution in [0.3, 0.4) is 0 Å². The van der Waals surface area contributed by atoms with E-state index in [1.807, 2.05) is 0 Å². The molecule has 0 amide bonds. The summed E-state index contributed by atoms with van der Waals surface area (Å²) < 4.78 is 2.14. The normalized spacial score (nSPS) is 12.8. The number of rotatable bonds is 8. The summed E-state index contributed by atoms with van der Waals surface area (Å²) in [6.45, 7) is 8.54. The quantitative estimate of drug-likeness (QED) is 0.801. The summed E-state index contributed by atoms with van der Waals surface area (Å²) in [5, 5.41) is 12.7. The molecule has 1 N–H and O–H groups in total. The highest BCUT2D eigenvalue weighted by atomic mass is 32.1. The number of nitrogens with one attached hydrogen (secondary N) is 1. The third kappa shape index (κ3) is 3.70. The molecule has 3 nitrogen and oxygen atoms in total. The van der Waals surface area contributed by atoms with Gasteiger partial charge in [0.25, 0.3) is 0 Å². The first kappa shape index (κ1) is 15.3. The topological polar surface area (TPSA) is 29.9 Å². The first-order valence-electron chi connectivity index (χ1n) is 7.59. The van der Waals surface area contributed by atoms with Gasteiger partial charge in [0, 0.05) is 24.7 Å². The maximum atomic E-state index is 4.65. The third-order valence-corrected chi connectivity index (χ3v) is 4.28. The van der Waals surface area contributed by atoms with Gasteiger partial charge in [-0.05, 0) is 54.8 Å². The van der Waals surface area contributed by atoms with E-state index in [4.69, 9.17) is 0 Å². The molecule has 0 aromatic carbocycles. The predicted octanol–water partition coefficient (Wildman–Crippen LogP) is 3.81. The Morgan fingerprint density at radius 1 is 1.35 bits per heavy atom. The number of hydrogen-bond donors (Lipinski definition) is 1. The molecule has 2 heterocycles. The van der Waals surface area contributed by atoms with Crippen LogP contribution in [0.15, 0.2) is 22.9 Å². The average molecular weight is 291 g/mol. The van der Waals surface area contributed by atoms with E-state index in [0.717, 1.165) is 32.4 Å². The van der Waals surface area contributed by atoms with Crippen LogP contribution >= 0.6 is 11.3 Å². The fraction of sp³-hybridized carbons (Fsp3) is 0.562. The van der Waals surface area contributed by atoms with Crippen molar-refractivity contribution >= 4 is 11.3 Å². The standard InChI is InChI=1S/C16H25N3S/c1-4-8-17-16(13-7-9-20-12-13)11-15-10-14(5-2)18-19(15)6-3/h7,9-10,12,16-17H,4-6,8,11H2,1-3H3. The molecule has 0 aliphatic heterocycles. The first-order chi connectivity index (χ1) is 9.78. The molecule has 0 radical (unpaired) electrons. The fourth-order valence-corrected chi connectivity index (χ4v) is 3.15. The van der Waals surface area contributed by atoms with Gasteiger partial charge >= 0.3 is 0 Å². The van der Waals surface area contributed by atoms with Crippen LogP contribution in [0.25, 0.3) is 0 Å². The van der Waals surface area contributed by atoms with Crippen LogP contribution in [0.5, 0.6) is 0 Å². The Labute approximate surface area is 126 Å². The van der Waals surface area contributed by atoms with Gasteiger partial charge in [-0.2, -0.15) is 16.4 Å². The molecule has 0 saturated carbocycles. The van der Waals surface area contributed by atoms with Crippen molar-refractivity contribution in [3.8, 4) is 0 Å². The molecular formula is C16H25N3S. The van der Waals surface area contributed by atoms with Crippen LogP contribution in [-0.4, -0.2) is 16.3 Å². The van der Waals surface area contributed by atoms with Crippen molar-refractivity contribution in [1.82, 2.24) is 15.1 Å². The van der Waals surface area contributed by atoms with Crippen LogP contribution in [0.2, 0.25) is 0 Å². The summed E-state index contributed by atoms with van der Waals surface area (Å²) in [6.07, 6.45) is 3.18. The van der Waals surface area contributed by atoms with Crippen LogP contribution in [0.1, 0.15) is 50.2 Å². The molecule has 1 atom stereocenters. The maximum Gasteiger partial charge on any atom is 0.0624 e. The highest BCUT2D eigenvalue weighted by Gasteiger charge is 2.15. The lowest BCUT2D eigenvalue weighted by Crippen LogP contribution is -2.24. The second-order valence-electron chi connectivity index (χ2n) is 5.06. The molecular weight excluding hydrogens is 266 g/mol. The summed E-state index contributed by atoms with van der Waals surface area (Å²) in [5.41, 5.74) is 3.93. The molecule has 0 fully saturated rings. The summed E-state index contributed by atoms with van der Waals surface area (Å²) >= 11 is 1.77. The summed E-state index contributed by atoms with van der Waals surface area (Å²) in [7, 11) is 0. The second kappa shape index (κ2) is 7.60. The highest BCUT2D eigenvalue weighted by Crippen LogP contribution is 2.21. The van der Waals surface area contributed by atoms with E-state index in [1.165, 1.54) is 17.0 Å². The largest absolute Gasteiger partial charge is 0.310 e. The number of hydrogen-bond acceptors (Lipinski definition) is 3. The second-order valence-corrected chi connectivity index (χ2v) is 5.84. The van der Waals surface area contributed by atoms with Gasteiger partial charge in [-0.25, -0.2) is 0 Å². The number of aryl methyl sites for hydroxylation is 2. The van der Waals surface area contributed by atoms with E-state index in [9.17, 15) is 0 Å². The lowest BCUT2D eigenvalue weighted by atomic mass is 10.0. The fourth-order valence-electron chi connectivity index (χ4n) is 2.43. The Bertz CT molecular complexity index is 502. The van der Waals surface area contributed by atoms with E-state index in [1.54, 1.807) is 11.3 Å². The molecule has 20 heavy (non-hydrogen) atoms. The summed E-state index contributed by atoms with van der Waals surface area (Å²) in [4.78, 5) is 0. The molecule has 110 valence electrons. The molecule has 2 aromatic rings. The van der Waals surface area contributed by atoms with Crippen molar-refractivity contribution in [2.45, 2.75) is 52.6 Å². The van der Waals surface area contributed by atoms with Gasteiger partial charge in [-0.15, -0.1) is 0 Å². The van der Waals surface area contributed by atoms with Crippen molar-refractivity contribution < 1.29 is 0 Å². The van der Waals surface area contributed by atoms with Crippen molar-refractivity contribution in [2.75, 3.05) is 6.54 Å². The maximum absolute atomic E-state index is 4.65. The zero-order chi connectivity index (χ0) is 14.4. The van der Waals surface area contributed by atoms with Crippen LogP contribution < -0.4 is 5.32 Å². The van der Waals surface area contributed by atoms with Crippen LogP contribution in [-0.2, 0) is 19.4 Å². The Balaban J connectivity index is 2.16. The molecule has 0 bridgehead atoms. The highest BCUT2D eigenvalue weighted by molar-refractivity contribution is 7.07. The molecule has 0 aliphatic carbocycles. The molecule has 1 unspecified atom stereocenters. The third-order valence-electron chi connectivity index (χ3n) is 3.58. The Hall–Kier alpha value is -1.13. The van der Waals surface area contributed by atoms with Crippen LogP contribution in [0, 0.1) is 0 Å². The molecule has 2 aromatic heterocycles. The van der Waals surface area contributed by atoms with E-state index < -0.39 is 0 Å². The molecule has 4 heteroatoms. The molecule has 0 aliphatic rings. The van der Waals surface area contributed by atoms with Gasteiger partial charge in [0.1, 0.15) is 0 Å². The zero-order valence-electron chi connectivity index (χ0n) is 12.7. The zero-order valence-corrected chi connectivity index (χ0v) is 13.5. The Morgan fingerprint density at radius 2 is 2.20 bits per heavy atom. The number of aromatic nitrogens is 2. The van der Waals surface area contributed by atoms with Gasteiger partial charge in [0.15, 0.2) is 0 Å². The van der Waals surface area contributed by atoms with Gasteiger partial charge in [-0.1, -0.05) is 13.8 Å². The average Bonchev–Trinajstić information content (AvgIpc) is 3.12. The number of nitrogens with zero attached hydrogens (tertiary/aromatic N) is 2. The smallest absolute Gasteiger partial charge is 0.0624 e. The predicted molar refractivity (Wildman–Crippen MR) is 86.3 cm³/mol. The van der Waals surface area contributed by atoms with Gasteiger partial charge < -0.3 is 5.32 Å². The number of thiophene rings is 1. The van der Waals surface area contributed by atoms with E-state index in [0.29, 0.717) is 6.04 Å².